The fourth-order valence-electron chi connectivity index (χ4n) is 5.83. The largest absolute Gasteiger partial charge is 0.472 e. The third kappa shape index (κ3) is 4.89. The summed E-state index contributed by atoms with van der Waals surface area (Å²) < 4.78 is 12.3. The number of rotatable bonds is 9. The van der Waals surface area contributed by atoms with E-state index in [9.17, 15) is 9.59 Å². The van der Waals surface area contributed by atoms with Crippen molar-refractivity contribution in [3.63, 3.8) is 0 Å². The Hall–Kier alpha value is -3.74. The molecule has 2 atom stereocenters. The van der Waals surface area contributed by atoms with Crippen LogP contribution in [0.5, 0.6) is 0 Å². The first-order chi connectivity index (χ1) is 18.5. The maximum absolute atomic E-state index is 14.3. The van der Waals surface area contributed by atoms with Gasteiger partial charge in [-0.25, -0.2) is 4.79 Å². The Bertz CT molecular complexity index is 1290. The molecule has 0 bridgehead atoms. The van der Waals surface area contributed by atoms with Crippen LogP contribution >= 0.6 is 0 Å². The highest BCUT2D eigenvalue weighted by Crippen LogP contribution is 2.50. The highest BCUT2D eigenvalue weighted by Gasteiger charge is 2.70. The van der Waals surface area contributed by atoms with E-state index in [4.69, 9.17) is 9.47 Å². The van der Waals surface area contributed by atoms with Gasteiger partial charge in [-0.3, -0.25) is 9.69 Å². The molecule has 1 unspecified atom stereocenters. The summed E-state index contributed by atoms with van der Waals surface area (Å²) in [6.07, 6.45) is 1.58. The molecule has 2 aliphatic rings. The van der Waals surface area contributed by atoms with Crippen LogP contribution in [-0.2, 0) is 32.2 Å². The summed E-state index contributed by atoms with van der Waals surface area (Å²) >= 11 is 0. The van der Waals surface area contributed by atoms with Crippen LogP contribution < -0.4 is 0 Å². The summed E-state index contributed by atoms with van der Waals surface area (Å²) in [6, 6.07) is 29.7. The van der Waals surface area contributed by atoms with Gasteiger partial charge in [0.1, 0.15) is 11.2 Å². The second-order valence-corrected chi connectivity index (χ2v) is 10.3. The van der Waals surface area contributed by atoms with Gasteiger partial charge in [0.2, 0.25) is 5.60 Å². The predicted molar refractivity (Wildman–Crippen MR) is 147 cm³/mol. The maximum Gasteiger partial charge on any atom is 0.353 e. The molecule has 0 aliphatic carbocycles. The molecule has 6 nitrogen and oxygen atoms in total. The Morgan fingerprint density at radius 1 is 0.921 bits per heavy atom. The number of hydrogen-bond donors (Lipinski definition) is 0. The van der Waals surface area contributed by atoms with Crippen molar-refractivity contribution < 1.29 is 19.1 Å². The van der Waals surface area contributed by atoms with Crippen molar-refractivity contribution in [1.82, 2.24) is 9.80 Å². The van der Waals surface area contributed by atoms with Gasteiger partial charge in [-0.15, -0.1) is 0 Å². The molecule has 196 valence electrons. The zero-order chi connectivity index (χ0) is 26.6. The minimum Gasteiger partial charge on any atom is -0.472 e. The molecule has 1 saturated heterocycles. The third-order valence-corrected chi connectivity index (χ3v) is 7.48. The molecule has 38 heavy (non-hydrogen) atoms. The Morgan fingerprint density at radius 2 is 1.53 bits per heavy atom. The Balaban J connectivity index is 1.56. The second-order valence-electron chi connectivity index (χ2n) is 10.3. The van der Waals surface area contributed by atoms with Crippen LogP contribution in [0, 0.1) is 5.41 Å². The van der Waals surface area contributed by atoms with Gasteiger partial charge in [0.25, 0.3) is 0 Å². The van der Waals surface area contributed by atoms with Crippen LogP contribution in [-0.4, -0.2) is 60.4 Å². The van der Waals surface area contributed by atoms with Crippen molar-refractivity contribution >= 4 is 17.5 Å². The van der Waals surface area contributed by atoms with Crippen LogP contribution in [0.3, 0.4) is 0 Å². The summed E-state index contributed by atoms with van der Waals surface area (Å²) in [5.74, 6) is -0.184. The second kappa shape index (κ2) is 10.9. The Kier molecular flexibility index (Phi) is 7.45. The highest BCUT2D eigenvalue weighted by molar-refractivity contribution is 6.07. The van der Waals surface area contributed by atoms with E-state index in [1.165, 1.54) is 0 Å². The van der Waals surface area contributed by atoms with Crippen LogP contribution in [0.4, 0.5) is 0 Å². The standard InChI is InChI=1S/C32H34N2O4/c1-3-37-30(36)32-24-34(21-26-15-9-5-10-16-26)23-31(32,22-33(2)20-25-13-7-4-8-14-25)29(35)19-28(38-32)27-17-11-6-12-18-27/h4-19H,3,20-24H2,1-2H3/t31?,32-/m1/s1. The molecule has 0 saturated carbocycles. The zero-order valence-electron chi connectivity index (χ0n) is 22.0. The first kappa shape index (κ1) is 25.9. The van der Waals surface area contributed by atoms with Gasteiger partial charge in [0.15, 0.2) is 5.78 Å². The quantitative estimate of drug-likeness (QED) is 0.394. The number of fused-ring (bicyclic) bond motifs is 1. The Morgan fingerprint density at radius 3 is 2.16 bits per heavy atom. The fourth-order valence-corrected chi connectivity index (χ4v) is 5.83. The molecule has 2 aliphatic heterocycles. The molecule has 0 amide bonds. The number of carbonyl (C=O) groups is 2. The van der Waals surface area contributed by atoms with E-state index in [2.05, 4.69) is 34.1 Å². The number of ether oxygens (including phenoxy) is 2. The molecule has 2 heterocycles. The number of ketones is 1. The van der Waals surface area contributed by atoms with Crippen molar-refractivity contribution in [2.45, 2.75) is 25.6 Å². The fraction of sp³-hybridized carbons (Fsp3) is 0.312. The lowest BCUT2D eigenvalue weighted by atomic mass is 9.68. The molecule has 0 spiro atoms. The molecule has 0 radical (unpaired) electrons. The van der Waals surface area contributed by atoms with Crippen LogP contribution in [0.2, 0.25) is 0 Å². The van der Waals surface area contributed by atoms with E-state index >= 15 is 0 Å². The normalized spacial score (nSPS) is 23.0. The number of nitrogens with zero attached hydrogens (tertiary/aromatic N) is 2. The van der Waals surface area contributed by atoms with Crippen molar-refractivity contribution in [2.24, 2.45) is 5.41 Å². The predicted octanol–water partition coefficient (Wildman–Crippen LogP) is 4.56. The Labute approximate surface area is 224 Å². The lowest BCUT2D eigenvalue weighted by Gasteiger charge is -2.45. The smallest absolute Gasteiger partial charge is 0.353 e. The topological polar surface area (TPSA) is 59.1 Å². The van der Waals surface area contributed by atoms with Gasteiger partial charge in [-0.2, -0.15) is 0 Å². The lowest BCUT2D eigenvalue weighted by Crippen LogP contribution is -2.64. The summed E-state index contributed by atoms with van der Waals surface area (Å²) in [7, 11) is 1.99. The summed E-state index contributed by atoms with van der Waals surface area (Å²) in [5, 5.41) is 0. The van der Waals surface area contributed by atoms with E-state index < -0.39 is 17.0 Å². The van der Waals surface area contributed by atoms with Crippen molar-refractivity contribution in [2.75, 3.05) is 33.3 Å². The number of hydrogen-bond acceptors (Lipinski definition) is 6. The first-order valence-electron chi connectivity index (χ1n) is 13.1. The zero-order valence-corrected chi connectivity index (χ0v) is 22.0. The number of allylic oxidation sites excluding steroid dienone is 1. The monoisotopic (exact) mass is 510 g/mol. The van der Waals surface area contributed by atoms with Gasteiger partial charge < -0.3 is 14.4 Å². The molecular weight excluding hydrogens is 476 g/mol. The summed E-state index contributed by atoms with van der Waals surface area (Å²) in [5.41, 5.74) is 0.408. The molecule has 3 aromatic carbocycles. The van der Waals surface area contributed by atoms with Gasteiger partial charge in [-0.05, 0) is 25.1 Å². The minimum atomic E-state index is -1.47. The third-order valence-electron chi connectivity index (χ3n) is 7.48. The van der Waals surface area contributed by atoms with E-state index in [0.29, 0.717) is 31.9 Å². The molecule has 6 heteroatoms. The molecule has 1 fully saturated rings. The van der Waals surface area contributed by atoms with Crippen LogP contribution in [0.1, 0.15) is 23.6 Å². The average molecular weight is 511 g/mol. The van der Waals surface area contributed by atoms with E-state index in [0.717, 1.165) is 16.7 Å². The number of carbonyl (C=O) groups excluding carboxylic acids is 2. The first-order valence-corrected chi connectivity index (χ1v) is 13.1. The number of esters is 1. The summed E-state index contributed by atoms with van der Waals surface area (Å²) in [4.78, 5) is 32.4. The lowest BCUT2D eigenvalue weighted by molar-refractivity contribution is -0.180. The molecule has 0 aromatic heterocycles. The van der Waals surface area contributed by atoms with Gasteiger partial charge in [0, 0.05) is 37.8 Å². The van der Waals surface area contributed by atoms with Gasteiger partial charge >= 0.3 is 5.97 Å². The summed E-state index contributed by atoms with van der Waals surface area (Å²) in [6.45, 7) is 4.23. The van der Waals surface area contributed by atoms with Crippen molar-refractivity contribution in [1.29, 1.82) is 0 Å². The molecule has 5 rings (SSSR count). The van der Waals surface area contributed by atoms with E-state index in [-0.39, 0.29) is 18.9 Å². The SMILES string of the molecule is CCOC(=O)[C@]12CN(Cc3ccccc3)CC1(CN(C)Cc1ccccc1)C(=O)C=C(c1ccccc1)O2. The van der Waals surface area contributed by atoms with E-state index in [1.54, 1.807) is 13.0 Å². The van der Waals surface area contributed by atoms with Gasteiger partial charge in [-0.1, -0.05) is 91.0 Å². The van der Waals surface area contributed by atoms with Crippen molar-refractivity contribution in [3.8, 4) is 0 Å². The van der Waals surface area contributed by atoms with Crippen LogP contribution in [0.15, 0.2) is 97.1 Å². The number of likely N-dealkylation sites (tertiary alicyclic amines) is 1. The highest BCUT2D eigenvalue weighted by atomic mass is 16.6. The molecular formula is C32H34N2O4. The van der Waals surface area contributed by atoms with Crippen LogP contribution in [0.25, 0.3) is 5.76 Å². The average Bonchev–Trinajstić information content (AvgIpc) is 3.25. The van der Waals surface area contributed by atoms with Gasteiger partial charge in [0.05, 0.1) is 13.2 Å². The maximum atomic E-state index is 14.3. The molecule has 0 N–H and O–H groups in total. The minimum absolute atomic E-state index is 0.105. The molecule has 3 aromatic rings. The van der Waals surface area contributed by atoms with Crippen molar-refractivity contribution in [3.05, 3.63) is 114 Å². The van der Waals surface area contributed by atoms with E-state index in [1.807, 2.05) is 73.8 Å². The number of benzene rings is 3.